The van der Waals surface area contributed by atoms with Gasteiger partial charge < -0.3 is 4.98 Å². The lowest BCUT2D eigenvalue weighted by atomic mass is 10.1. The summed E-state index contributed by atoms with van der Waals surface area (Å²) in [7, 11) is 0. The van der Waals surface area contributed by atoms with Crippen LogP contribution in [0.5, 0.6) is 0 Å². The van der Waals surface area contributed by atoms with Crippen molar-refractivity contribution in [2.75, 3.05) is 6.54 Å². The van der Waals surface area contributed by atoms with Crippen molar-refractivity contribution < 1.29 is 13.2 Å². The highest BCUT2D eigenvalue weighted by molar-refractivity contribution is 5.56. The van der Waals surface area contributed by atoms with Crippen molar-refractivity contribution in [1.82, 2.24) is 25.1 Å². The molecule has 1 aliphatic heterocycles. The van der Waals surface area contributed by atoms with E-state index < -0.39 is 11.7 Å². The third kappa shape index (κ3) is 3.63. The van der Waals surface area contributed by atoms with Gasteiger partial charge >= 0.3 is 6.18 Å². The molecule has 4 rings (SSSR count). The van der Waals surface area contributed by atoms with E-state index in [1.54, 1.807) is 6.20 Å². The van der Waals surface area contributed by atoms with Gasteiger partial charge in [0, 0.05) is 43.4 Å². The minimum Gasteiger partial charge on any atom is -0.306 e. The number of hydrogen-bond donors (Lipinski definition) is 2. The fourth-order valence-corrected chi connectivity index (χ4v) is 3.19. The predicted octanol–water partition coefficient (Wildman–Crippen LogP) is 2.74. The predicted molar refractivity (Wildman–Crippen MR) is 91.7 cm³/mol. The number of halogens is 3. The Bertz CT molecular complexity index is 993. The van der Waals surface area contributed by atoms with Crippen molar-refractivity contribution in [2.24, 2.45) is 0 Å². The number of hydrogen-bond acceptors (Lipinski definition) is 4. The van der Waals surface area contributed by atoms with E-state index in [0.717, 1.165) is 24.2 Å². The van der Waals surface area contributed by atoms with E-state index in [0.29, 0.717) is 36.3 Å². The van der Waals surface area contributed by atoms with Crippen LogP contribution in [0.4, 0.5) is 13.2 Å². The van der Waals surface area contributed by atoms with Gasteiger partial charge in [0.25, 0.3) is 5.56 Å². The van der Waals surface area contributed by atoms with E-state index >= 15 is 0 Å². The van der Waals surface area contributed by atoms with Gasteiger partial charge in [-0.05, 0) is 12.1 Å². The highest BCUT2D eigenvalue weighted by Gasteiger charge is 2.30. The second-order valence-corrected chi connectivity index (χ2v) is 6.48. The number of H-pyrrole nitrogens is 2. The number of nitrogens with zero attached hydrogens (tertiary/aromatic N) is 3. The van der Waals surface area contributed by atoms with E-state index in [-0.39, 0.29) is 11.4 Å². The first-order chi connectivity index (χ1) is 12.9. The zero-order chi connectivity index (χ0) is 19.0. The first-order valence-corrected chi connectivity index (χ1v) is 8.40. The Morgan fingerprint density at radius 2 is 1.96 bits per heavy atom. The van der Waals surface area contributed by atoms with Crippen molar-refractivity contribution in [3.8, 4) is 11.4 Å². The van der Waals surface area contributed by atoms with Crippen LogP contribution in [0.1, 0.15) is 22.4 Å². The number of nitrogens with one attached hydrogen (secondary N) is 2. The van der Waals surface area contributed by atoms with Gasteiger partial charge in [-0.3, -0.25) is 14.8 Å². The molecule has 0 saturated carbocycles. The lowest BCUT2D eigenvalue weighted by Gasteiger charge is -2.27. The van der Waals surface area contributed by atoms with Crippen molar-refractivity contribution in [1.29, 1.82) is 0 Å². The average molecular weight is 375 g/mol. The summed E-state index contributed by atoms with van der Waals surface area (Å²) >= 11 is 0. The second-order valence-electron chi connectivity index (χ2n) is 6.48. The summed E-state index contributed by atoms with van der Waals surface area (Å²) in [5.41, 5.74) is 1.78. The molecule has 0 spiro atoms. The van der Waals surface area contributed by atoms with Gasteiger partial charge in [0.1, 0.15) is 5.82 Å². The molecular formula is C18H16F3N5O. The maximum absolute atomic E-state index is 12.7. The standard InChI is InChI=1S/C18H16F3N5O/c19-18(20,21)13-3-1-12(2-4-13)16-24-15-5-6-26(9-11-7-22-23-8-11)10-14(15)17(27)25-16/h1-4,7-8H,5-6,9-10H2,(H,22,23)(H,24,25,27). The summed E-state index contributed by atoms with van der Waals surface area (Å²) in [5, 5.41) is 6.68. The molecule has 2 aromatic heterocycles. The summed E-state index contributed by atoms with van der Waals surface area (Å²) in [5.74, 6) is 0.288. The summed E-state index contributed by atoms with van der Waals surface area (Å²) in [6.45, 7) is 1.88. The van der Waals surface area contributed by atoms with Crippen molar-refractivity contribution in [3.05, 3.63) is 69.4 Å². The van der Waals surface area contributed by atoms with E-state index in [9.17, 15) is 18.0 Å². The Labute approximate surface area is 152 Å². The lowest BCUT2D eigenvalue weighted by molar-refractivity contribution is -0.137. The molecule has 1 aromatic carbocycles. The Kier molecular flexibility index (Phi) is 4.31. The van der Waals surface area contributed by atoms with Crippen LogP contribution in [0.15, 0.2) is 41.5 Å². The molecular weight excluding hydrogens is 359 g/mol. The van der Waals surface area contributed by atoms with Crippen molar-refractivity contribution >= 4 is 0 Å². The highest BCUT2D eigenvalue weighted by Crippen LogP contribution is 2.30. The molecule has 1 aliphatic rings. The number of fused-ring (bicyclic) bond motifs is 1. The summed E-state index contributed by atoms with van der Waals surface area (Å²) in [6.07, 6.45) is -0.240. The van der Waals surface area contributed by atoms with Crippen molar-refractivity contribution in [3.63, 3.8) is 0 Å². The second kappa shape index (κ2) is 6.66. The monoisotopic (exact) mass is 375 g/mol. The van der Waals surface area contributed by atoms with E-state index in [1.165, 1.54) is 12.1 Å². The van der Waals surface area contributed by atoms with E-state index in [1.807, 2.05) is 6.20 Å². The van der Waals surface area contributed by atoms with E-state index in [2.05, 4.69) is 25.1 Å². The third-order valence-electron chi connectivity index (χ3n) is 4.59. The number of benzene rings is 1. The van der Waals surface area contributed by atoms with Crippen LogP contribution >= 0.6 is 0 Å². The molecule has 0 fully saturated rings. The van der Waals surface area contributed by atoms with Gasteiger partial charge in [0.15, 0.2) is 0 Å². The SMILES string of the molecule is O=c1[nH]c(-c2ccc(C(F)(F)F)cc2)nc2c1CN(Cc1cn[nH]c1)CC2. The quantitative estimate of drug-likeness (QED) is 0.738. The maximum atomic E-state index is 12.7. The van der Waals surface area contributed by atoms with Crippen LogP contribution in [0.3, 0.4) is 0 Å². The Balaban J connectivity index is 1.58. The van der Waals surface area contributed by atoms with Crippen LogP contribution in [-0.2, 0) is 25.7 Å². The topological polar surface area (TPSA) is 77.7 Å². The third-order valence-corrected chi connectivity index (χ3v) is 4.59. The molecule has 0 unspecified atom stereocenters. The van der Waals surface area contributed by atoms with Crippen LogP contribution in [-0.4, -0.2) is 31.6 Å². The lowest BCUT2D eigenvalue weighted by Crippen LogP contribution is -2.35. The first-order valence-electron chi connectivity index (χ1n) is 8.40. The van der Waals surface area contributed by atoms with Gasteiger partial charge in [-0.25, -0.2) is 4.98 Å². The fraction of sp³-hybridized carbons (Fsp3) is 0.278. The summed E-state index contributed by atoms with van der Waals surface area (Å²) in [6, 6.07) is 4.62. The number of alkyl halides is 3. The van der Waals surface area contributed by atoms with Gasteiger partial charge in [-0.2, -0.15) is 18.3 Å². The van der Waals surface area contributed by atoms with Crippen molar-refractivity contribution in [2.45, 2.75) is 25.7 Å². The molecule has 3 heterocycles. The van der Waals surface area contributed by atoms with E-state index in [4.69, 9.17) is 0 Å². The number of aromatic nitrogens is 4. The fourth-order valence-electron chi connectivity index (χ4n) is 3.19. The number of rotatable bonds is 3. The van der Waals surface area contributed by atoms with Crippen LogP contribution in [0, 0.1) is 0 Å². The van der Waals surface area contributed by atoms with Crippen LogP contribution in [0.25, 0.3) is 11.4 Å². The summed E-state index contributed by atoms with van der Waals surface area (Å²) < 4.78 is 38.1. The molecule has 6 nitrogen and oxygen atoms in total. The molecule has 9 heteroatoms. The average Bonchev–Trinajstić information content (AvgIpc) is 3.14. The maximum Gasteiger partial charge on any atom is 0.416 e. The number of aromatic amines is 2. The summed E-state index contributed by atoms with van der Waals surface area (Å²) in [4.78, 5) is 21.8. The molecule has 3 aromatic rings. The normalized spacial score (nSPS) is 14.9. The molecule has 0 saturated heterocycles. The van der Waals surface area contributed by atoms with Crippen LogP contribution in [0.2, 0.25) is 0 Å². The molecule has 0 radical (unpaired) electrons. The molecule has 27 heavy (non-hydrogen) atoms. The Morgan fingerprint density at radius 3 is 2.63 bits per heavy atom. The molecule has 0 bridgehead atoms. The first kappa shape index (κ1) is 17.5. The highest BCUT2D eigenvalue weighted by atomic mass is 19.4. The minimum atomic E-state index is -4.40. The molecule has 0 amide bonds. The minimum absolute atomic E-state index is 0.258. The van der Waals surface area contributed by atoms with Crippen LogP contribution < -0.4 is 5.56 Å². The van der Waals surface area contributed by atoms with Gasteiger partial charge in [-0.15, -0.1) is 0 Å². The van der Waals surface area contributed by atoms with Gasteiger partial charge in [0.05, 0.1) is 23.0 Å². The smallest absolute Gasteiger partial charge is 0.306 e. The molecule has 0 atom stereocenters. The van der Waals surface area contributed by atoms with Gasteiger partial charge in [-0.1, -0.05) is 12.1 Å². The van der Waals surface area contributed by atoms with Gasteiger partial charge in [0.2, 0.25) is 0 Å². The zero-order valence-electron chi connectivity index (χ0n) is 14.2. The largest absolute Gasteiger partial charge is 0.416 e. The molecule has 2 N–H and O–H groups in total. The molecule has 0 aliphatic carbocycles. The Morgan fingerprint density at radius 1 is 1.19 bits per heavy atom. The zero-order valence-corrected chi connectivity index (χ0v) is 14.2. The Hall–Kier alpha value is -2.94. The molecule has 140 valence electrons.